The molecule has 1 unspecified atom stereocenters. The fraction of sp³-hybridized carbons (Fsp3) is 0.700. The van der Waals surface area contributed by atoms with Crippen molar-refractivity contribution >= 4 is 0 Å². The van der Waals surface area contributed by atoms with Crippen LogP contribution in [0.4, 0.5) is 0 Å². The van der Waals surface area contributed by atoms with Gasteiger partial charge in [-0.15, -0.1) is 0 Å². The number of aromatic amines is 1. The summed E-state index contributed by atoms with van der Waals surface area (Å²) in [6, 6.07) is 0. The maximum Gasteiger partial charge on any atom is 0.0629 e. The molecular weight excluding hydrogens is 162 g/mol. The van der Waals surface area contributed by atoms with E-state index in [0.29, 0.717) is 5.92 Å². The molecule has 0 saturated carbocycles. The molecule has 1 aromatic heterocycles. The summed E-state index contributed by atoms with van der Waals surface area (Å²) in [5, 5.41) is 10.6. The summed E-state index contributed by atoms with van der Waals surface area (Å²) in [4.78, 5) is 0. The molecule has 1 aromatic rings. The Bertz CT molecular complexity index is 246. The summed E-state index contributed by atoms with van der Waals surface area (Å²) in [7, 11) is 0. The van der Waals surface area contributed by atoms with E-state index in [9.17, 15) is 0 Å². The number of H-pyrrole nitrogens is 1. The quantitative estimate of drug-likeness (QED) is 0.743. The van der Waals surface area contributed by atoms with Crippen LogP contribution in [0.5, 0.6) is 0 Å². The molecule has 13 heavy (non-hydrogen) atoms. The molecule has 0 aliphatic rings. The van der Waals surface area contributed by atoms with Gasteiger partial charge >= 0.3 is 0 Å². The van der Waals surface area contributed by atoms with Gasteiger partial charge in [0.05, 0.1) is 5.69 Å². The number of aromatic nitrogens is 2. The van der Waals surface area contributed by atoms with Crippen molar-refractivity contribution in [2.75, 3.05) is 13.1 Å². The van der Waals surface area contributed by atoms with Gasteiger partial charge in [0, 0.05) is 12.2 Å². The first kappa shape index (κ1) is 10.3. The Kier molecular flexibility index (Phi) is 3.48. The maximum absolute atomic E-state index is 4.19. The molecule has 0 amide bonds. The van der Waals surface area contributed by atoms with Crippen LogP contribution in [0.3, 0.4) is 0 Å². The van der Waals surface area contributed by atoms with Crippen LogP contribution in [0.25, 0.3) is 0 Å². The van der Waals surface area contributed by atoms with Gasteiger partial charge < -0.3 is 5.32 Å². The van der Waals surface area contributed by atoms with Gasteiger partial charge in [-0.25, -0.2) is 0 Å². The average molecular weight is 181 g/mol. The Balaban J connectivity index is 2.69. The van der Waals surface area contributed by atoms with Crippen LogP contribution in [0.1, 0.15) is 36.7 Å². The summed E-state index contributed by atoms with van der Waals surface area (Å²) in [5.74, 6) is 0.540. The molecule has 0 saturated heterocycles. The normalized spacial score (nSPS) is 13.2. The fourth-order valence-corrected chi connectivity index (χ4v) is 1.75. The van der Waals surface area contributed by atoms with Gasteiger partial charge in [-0.2, -0.15) is 5.10 Å². The largest absolute Gasteiger partial charge is 0.316 e. The van der Waals surface area contributed by atoms with Crippen molar-refractivity contribution in [1.29, 1.82) is 0 Å². The molecule has 0 aromatic carbocycles. The SMILES string of the molecule is CCNCC(C)c1c(C)n[nH]c1C. The van der Waals surface area contributed by atoms with Crippen molar-refractivity contribution in [1.82, 2.24) is 15.5 Å². The van der Waals surface area contributed by atoms with E-state index in [-0.39, 0.29) is 0 Å². The molecule has 3 heteroatoms. The van der Waals surface area contributed by atoms with Gasteiger partial charge in [0.25, 0.3) is 0 Å². The number of likely N-dealkylation sites (N-methyl/N-ethyl adjacent to an activating group) is 1. The standard InChI is InChI=1S/C10H19N3/c1-5-11-6-7(2)10-8(3)12-13-9(10)4/h7,11H,5-6H2,1-4H3,(H,12,13). The Labute approximate surface area is 79.9 Å². The van der Waals surface area contributed by atoms with Gasteiger partial charge in [-0.1, -0.05) is 13.8 Å². The monoisotopic (exact) mass is 181 g/mol. The zero-order chi connectivity index (χ0) is 9.84. The lowest BCUT2D eigenvalue weighted by Gasteiger charge is -2.11. The van der Waals surface area contributed by atoms with Crippen molar-refractivity contribution in [3.05, 3.63) is 17.0 Å². The zero-order valence-electron chi connectivity index (χ0n) is 8.94. The number of rotatable bonds is 4. The summed E-state index contributed by atoms with van der Waals surface area (Å²) in [6.07, 6.45) is 0. The summed E-state index contributed by atoms with van der Waals surface area (Å²) < 4.78 is 0. The molecule has 2 N–H and O–H groups in total. The molecule has 1 heterocycles. The highest BCUT2D eigenvalue weighted by Gasteiger charge is 2.13. The van der Waals surface area contributed by atoms with E-state index in [2.05, 4.69) is 43.2 Å². The third-order valence-corrected chi connectivity index (χ3v) is 2.38. The minimum absolute atomic E-state index is 0.540. The van der Waals surface area contributed by atoms with E-state index in [1.54, 1.807) is 0 Å². The Morgan fingerprint density at radius 2 is 2.15 bits per heavy atom. The molecule has 74 valence electrons. The second-order valence-corrected chi connectivity index (χ2v) is 3.56. The number of hydrogen-bond donors (Lipinski definition) is 2. The van der Waals surface area contributed by atoms with Gasteiger partial charge in [0.15, 0.2) is 0 Å². The third kappa shape index (κ3) is 2.31. The molecule has 1 rings (SSSR count). The minimum atomic E-state index is 0.540. The first-order valence-corrected chi connectivity index (χ1v) is 4.89. The Morgan fingerprint density at radius 1 is 1.46 bits per heavy atom. The number of aryl methyl sites for hydroxylation is 2. The van der Waals surface area contributed by atoms with Crippen molar-refractivity contribution in [2.24, 2.45) is 0 Å². The van der Waals surface area contributed by atoms with Crippen molar-refractivity contribution in [3.63, 3.8) is 0 Å². The van der Waals surface area contributed by atoms with Crippen LogP contribution < -0.4 is 5.32 Å². The van der Waals surface area contributed by atoms with Crippen LogP contribution in [0.15, 0.2) is 0 Å². The molecule has 0 radical (unpaired) electrons. The van der Waals surface area contributed by atoms with E-state index in [4.69, 9.17) is 0 Å². The van der Waals surface area contributed by atoms with Crippen molar-refractivity contribution in [2.45, 2.75) is 33.6 Å². The third-order valence-electron chi connectivity index (χ3n) is 2.38. The predicted molar refractivity (Wildman–Crippen MR) is 55.0 cm³/mol. The topological polar surface area (TPSA) is 40.7 Å². The van der Waals surface area contributed by atoms with Crippen molar-refractivity contribution < 1.29 is 0 Å². The Hall–Kier alpha value is -0.830. The van der Waals surface area contributed by atoms with Gasteiger partial charge in [-0.05, 0) is 31.9 Å². The second-order valence-electron chi connectivity index (χ2n) is 3.56. The molecule has 0 bridgehead atoms. The van der Waals surface area contributed by atoms with E-state index < -0.39 is 0 Å². The highest BCUT2D eigenvalue weighted by Crippen LogP contribution is 2.20. The Morgan fingerprint density at radius 3 is 2.62 bits per heavy atom. The molecule has 0 fully saturated rings. The smallest absolute Gasteiger partial charge is 0.0629 e. The molecule has 1 atom stereocenters. The lowest BCUT2D eigenvalue weighted by Crippen LogP contribution is -2.20. The van der Waals surface area contributed by atoms with Crippen molar-refractivity contribution in [3.8, 4) is 0 Å². The first-order chi connectivity index (χ1) is 6.16. The summed E-state index contributed by atoms with van der Waals surface area (Å²) in [6.45, 7) is 10.5. The van der Waals surface area contributed by atoms with Gasteiger partial charge in [0.2, 0.25) is 0 Å². The van der Waals surface area contributed by atoms with E-state index in [1.165, 1.54) is 11.3 Å². The summed E-state index contributed by atoms with van der Waals surface area (Å²) in [5.41, 5.74) is 3.69. The summed E-state index contributed by atoms with van der Waals surface area (Å²) >= 11 is 0. The highest BCUT2D eigenvalue weighted by atomic mass is 15.1. The van der Waals surface area contributed by atoms with E-state index in [1.807, 2.05) is 0 Å². The lowest BCUT2D eigenvalue weighted by molar-refractivity contribution is 0.630. The molecule has 3 nitrogen and oxygen atoms in total. The van der Waals surface area contributed by atoms with Crippen LogP contribution in [-0.4, -0.2) is 23.3 Å². The maximum atomic E-state index is 4.19. The van der Waals surface area contributed by atoms with E-state index >= 15 is 0 Å². The molecule has 0 aliphatic carbocycles. The average Bonchev–Trinajstić information content (AvgIpc) is 2.42. The number of nitrogens with zero attached hydrogens (tertiary/aromatic N) is 1. The van der Waals surface area contributed by atoms with Crippen LogP contribution in [0, 0.1) is 13.8 Å². The molecular formula is C10H19N3. The van der Waals surface area contributed by atoms with E-state index in [0.717, 1.165) is 18.8 Å². The predicted octanol–water partition coefficient (Wildman–Crippen LogP) is 1.74. The van der Waals surface area contributed by atoms with Crippen LogP contribution >= 0.6 is 0 Å². The highest BCUT2D eigenvalue weighted by molar-refractivity contribution is 5.27. The number of nitrogens with one attached hydrogen (secondary N) is 2. The minimum Gasteiger partial charge on any atom is -0.316 e. The van der Waals surface area contributed by atoms with Crippen LogP contribution in [0.2, 0.25) is 0 Å². The second kappa shape index (κ2) is 4.42. The van der Waals surface area contributed by atoms with Crippen LogP contribution in [-0.2, 0) is 0 Å². The first-order valence-electron chi connectivity index (χ1n) is 4.89. The molecule has 0 spiro atoms. The lowest BCUT2D eigenvalue weighted by atomic mass is 9.99. The zero-order valence-corrected chi connectivity index (χ0v) is 8.94. The van der Waals surface area contributed by atoms with Gasteiger partial charge in [-0.3, -0.25) is 5.10 Å². The molecule has 0 aliphatic heterocycles. The van der Waals surface area contributed by atoms with Gasteiger partial charge in [0.1, 0.15) is 0 Å². The number of hydrogen-bond acceptors (Lipinski definition) is 2. The fourth-order valence-electron chi connectivity index (χ4n) is 1.75.